The minimum atomic E-state index is -4.35. The van der Waals surface area contributed by atoms with Crippen LogP contribution in [0.5, 0.6) is 0 Å². The Kier molecular flexibility index (Phi) is 3.72. The van der Waals surface area contributed by atoms with Gasteiger partial charge in [0.1, 0.15) is 0 Å². The number of allylic oxidation sites excluding steroid dienone is 1. The molecule has 0 aliphatic rings. The van der Waals surface area contributed by atoms with E-state index in [9.17, 15) is 13.2 Å². The summed E-state index contributed by atoms with van der Waals surface area (Å²) in [5.74, 6) is 0. The van der Waals surface area contributed by atoms with Crippen LogP contribution >= 0.6 is 11.3 Å². The minimum Gasteiger partial charge on any atom is -0.193 e. The second-order valence-electron chi connectivity index (χ2n) is 3.77. The fourth-order valence-corrected chi connectivity index (χ4v) is 2.31. The van der Waals surface area contributed by atoms with E-state index in [4.69, 9.17) is 5.26 Å². The van der Waals surface area contributed by atoms with E-state index in [2.05, 4.69) is 0 Å². The van der Waals surface area contributed by atoms with E-state index in [1.807, 2.05) is 22.9 Å². The first-order valence-corrected chi connectivity index (χ1v) is 6.26. The zero-order valence-electron chi connectivity index (χ0n) is 9.61. The Bertz CT molecular complexity index is 616. The van der Waals surface area contributed by atoms with Crippen molar-refractivity contribution in [3.63, 3.8) is 0 Å². The Morgan fingerprint density at radius 3 is 2.26 bits per heavy atom. The Labute approximate surface area is 112 Å². The monoisotopic (exact) mass is 279 g/mol. The summed E-state index contributed by atoms with van der Waals surface area (Å²) in [4.78, 5) is 0. The molecule has 96 valence electrons. The number of benzene rings is 1. The highest BCUT2D eigenvalue weighted by Gasteiger charge is 2.30. The molecule has 19 heavy (non-hydrogen) atoms. The van der Waals surface area contributed by atoms with Crippen molar-refractivity contribution in [1.29, 1.82) is 5.26 Å². The predicted octanol–water partition coefficient (Wildman–Crippen LogP) is 4.72. The van der Waals surface area contributed by atoms with Gasteiger partial charge >= 0.3 is 6.18 Å². The van der Waals surface area contributed by atoms with Crippen LogP contribution in [0, 0.1) is 11.3 Å². The molecule has 1 aromatic carbocycles. The van der Waals surface area contributed by atoms with Crippen LogP contribution in [0.1, 0.15) is 16.7 Å². The first kappa shape index (κ1) is 13.4. The van der Waals surface area contributed by atoms with E-state index in [-0.39, 0.29) is 0 Å². The lowest BCUT2D eigenvalue weighted by molar-refractivity contribution is -0.137. The van der Waals surface area contributed by atoms with Gasteiger partial charge in [-0.1, -0.05) is 12.1 Å². The topological polar surface area (TPSA) is 23.8 Å². The predicted molar refractivity (Wildman–Crippen MR) is 68.5 cm³/mol. The summed E-state index contributed by atoms with van der Waals surface area (Å²) in [5.41, 5.74) is 1.34. The quantitative estimate of drug-likeness (QED) is 0.729. The second-order valence-corrected chi connectivity index (χ2v) is 4.55. The van der Waals surface area contributed by atoms with Crippen LogP contribution in [0.3, 0.4) is 0 Å². The van der Waals surface area contributed by atoms with Gasteiger partial charge in [-0.05, 0) is 40.1 Å². The van der Waals surface area contributed by atoms with Crippen molar-refractivity contribution < 1.29 is 13.2 Å². The normalized spacial score (nSPS) is 12.2. The molecular weight excluding hydrogens is 271 g/mol. The maximum Gasteiger partial charge on any atom is 0.416 e. The first-order chi connectivity index (χ1) is 9.02. The zero-order valence-corrected chi connectivity index (χ0v) is 10.4. The molecule has 0 aliphatic carbocycles. The average molecular weight is 279 g/mol. The molecule has 0 N–H and O–H groups in total. The number of hydrogen-bond donors (Lipinski definition) is 0. The first-order valence-electron chi connectivity index (χ1n) is 5.32. The molecule has 0 spiro atoms. The van der Waals surface area contributed by atoms with Gasteiger partial charge in [-0.2, -0.15) is 29.8 Å². The number of nitriles is 1. The number of alkyl halides is 3. The largest absolute Gasteiger partial charge is 0.416 e. The van der Waals surface area contributed by atoms with Crippen LogP contribution in [0.25, 0.3) is 5.57 Å². The van der Waals surface area contributed by atoms with Crippen molar-refractivity contribution in [1.82, 2.24) is 0 Å². The molecule has 0 unspecified atom stereocenters. The lowest BCUT2D eigenvalue weighted by atomic mass is 9.99. The maximum atomic E-state index is 12.5. The summed E-state index contributed by atoms with van der Waals surface area (Å²) in [6.07, 6.45) is -3.01. The van der Waals surface area contributed by atoms with Gasteiger partial charge < -0.3 is 0 Å². The van der Waals surface area contributed by atoms with E-state index in [0.29, 0.717) is 11.1 Å². The molecule has 0 aliphatic heterocycles. The summed E-state index contributed by atoms with van der Waals surface area (Å²) in [6.45, 7) is 0. The Balaban J connectivity index is 2.41. The van der Waals surface area contributed by atoms with Gasteiger partial charge in [-0.15, -0.1) is 0 Å². The van der Waals surface area contributed by atoms with Crippen molar-refractivity contribution >= 4 is 16.9 Å². The molecule has 1 heterocycles. The minimum absolute atomic E-state index is 0.591. The van der Waals surface area contributed by atoms with Gasteiger partial charge in [0, 0.05) is 11.6 Å². The Morgan fingerprint density at radius 2 is 1.79 bits per heavy atom. The van der Waals surface area contributed by atoms with Crippen LogP contribution in [0.15, 0.2) is 47.2 Å². The van der Waals surface area contributed by atoms with Gasteiger partial charge in [0.25, 0.3) is 0 Å². The lowest BCUT2D eigenvalue weighted by Crippen LogP contribution is -2.04. The molecule has 0 amide bonds. The number of thiophene rings is 1. The van der Waals surface area contributed by atoms with Crippen molar-refractivity contribution in [2.45, 2.75) is 6.18 Å². The van der Waals surface area contributed by atoms with Gasteiger partial charge in [0.15, 0.2) is 0 Å². The van der Waals surface area contributed by atoms with Gasteiger partial charge in [0.05, 0.1) is 11.6 Å². The van der Waals surface area contributed by atoms with Gasteiger partial charge in [0.2, 0.25) is 0 Å². The van der Waals surface area contributed by atoms with Crippen molar-refractivity contribution in [2.75, 3.05) is 0 Å². The highest BCUT2D eigenvalue weighted by Crippen LogP contribution is 2.31. The molecule has 0 saturated heterocycles. The van der Waals surface area contributed by atoms with Crippen molar-refractivity contribution in [3.8, 4) is 6.07 Å². The lowest BCUT2D eigenvalue weighted by Gasteiger charge is -2.09. The summed E-state index contributed by atoms with van der Waals surface area (Å²) in [6, 6.07) is 8.54. The van der Waals surface area contributed by atoms with Gasteiger partial charge in [-0.25, -0.2) is 0 Å². The summed E-state index contributed by atoms with van der Waals surface area (Å²) >= 11 is 1.47. The van der Waals surface area contributed by atoms with E-state index in [1.165, 1.54) is 29.5 Å². The molecule has 1 nitrogen and oxygen atoms in total. The van der Waals surface area contributed by atoms with Crippen molar-refractivity contribution in [3.05, 3.63) is 63.9 Å². The van der Waals surface area contributed by atoms with E-state index in [1.54, 1.807) is 0 Å². The molecular formula is C14H8F3NS. The third kappa shape index (κ3) is 3.04. The Morgan fingerprint density at radius 1 is 1.11 bits per heavy atom. The summed E-state index contributed by atoms with van der Waals surface area (Å²) in [7, 11) is 0. The van der Waals surface area contributed by atoms with Crippen molar-refractivity contribution in [2.24, 2.45) is 0 Å². The standard InChI is InChI=1S/C14H8F3NS/c15-14(16,17)12-3-1-10(2-4-12)13(5-7-18)11-6-8-19-9-11/h1-6,8-9H/b13-5-. The van der Waals surface area contributed by atoms with Crippen LogP contribution in [0.2, 0.25) is 0 Å². The van der Waals surface area contributed by atoms with Gasteiger partial charge in [-0.3, -0.25) is 0 Å². The highest BCUT2D eigenvalue weighted by molar-refractivity contribution is 7.08. The molecule has 1 aromatic heterocycles. The fourth-order valence-electron chi connectivity index (χ4n) is 1.65. The summed E-state index contributed by atoms with van der Waals surface area (Å²) < 4.78 is 37.4. The summed E-state index contributed by atoms with van der Waals surface area (Å²) in [5, 5.41) is 12.5. The number of rotatable bonds is 2. The number of hydrogen-bond acceptors (Lipinski definition) is 2. The second kappa shape index (κ2) is 5.29. The third-order valence-electron chi connectivity index (χ3n) is 2.56. The smallest absolute Gasteiger partial charge is 0.193 e. The van der Waals surface area contributed by atoms with Crippen LogP contribution in [-0.4, -0.2) is 0 Å². The molecule has 0 atom stereocenters. The van der Waals surface area contributed by atoms with Crippen LogP contribution in [-0.2, 0) is 6.18 Å². The molecule has 5 heteroatoms. The SMILES string of the molecule is N#C/C=C(/c1ccc(C(F)(F)F)cc1)c1ccsc1. The molecule has 0 radical (unpaired) electrons. The van der Waals surface area contributed by atoms with E-state index >= 15 is 0 Å². The number of halogens is 3. The van der Waals surface area contributed by atoms with E-state index in [0.717, 1.165) is 17.7 Å². The number of nitrogens with zero attached hydrogens (tertiary/aromatic N) is 1. The van der Waals surface area contributed by atoms with Crippen LogP contribution < -0.4 is 0 Å². The molecule has 0 bridgehead atoms. The average Bonchev–Trinajstić information content (AvgIpc) is 2.89. The zero-order chi connectivity index (χ0) is 13.9. The molecule has 2 rings (SSSR count). The maximum absolute atomic E-state index is 12.5. The molecule has 0 fully saturated rings. The highest BCUT2D eigenvalue weighted by atomic mass is 32.1. The van der Waals surface area contributed by atoms with E-state index < -0.39 is 11.7 Å². The molecule has 0 saturated carbocycles. The van der Waals surface area contributed by atoms with Crippen LogP contribution in [0.4, 0.5) is 13.2 Å². The fraction of sp³-hybridized carbons (Fsp3) is 0.0714. The Hall–Kier alpha value is -2.06. The third-order valence-corrected chi connectivity index (χ3v) is 3.25. The molecule has 2 aromatic rings.